The molecule has 0 radical (unpaired) electrons. The summed E-state index contributed by atoms with van der Waals surface area (Å²) < 4.78 is 0. The smallest absolute Gasteiger partial charge is 0.251 e. The number of carbonyl (C=O) groups excluding carboxylic acids is 1. The molecule has 1 heterocycles. The Bertz CT molecular complexity index is 294. The Labute approximate surface area is 96.3 Å². The molecule has 0 aliphatic carbocycles. The van der Waals surface area contributed by atoms with E-state index in [1.807, 2.05) is 20.8 Å². The van der Waals surface area contributed by atoms with Crippen LogP contribution in [0.15, 0.2) is 5.10 Å². The van der Waals surface area contributed by atoms with Crippen molar-refractivity contribution in [2.45, 2.75) is 27.2 Å². The quantitative estimate of drug-likeness (QED) is 0.719. The van der Waals surface area contributed by atoms with Crippen LogP contribution in [0.3, 0.4) is 0 Å². The number of amides is 1. The van der Waals surface area contributed by atoms with Gasteiger partial charge < -0.3 is 10.8 Å². The molecule has 1 amide bonds. The molecule has 1 aliphatic rings. The zero-order chi connectivity index (χ0) is 12.3. The van der Waals surface area contributed by atoms with E-state index in [9.17, 15) is 4.79 Å². The normalized spacial score (nSPS) is 21.6. The summed E-state index contributed by atoms with van der Waals surface area (Å²) in [6, 6.07) is 0. The van der Waals surface area contributed by atoms with Crippen molar-refractivity contribution in [1.29, 1.82) is 0 Å². The Kier molecular flexibility index (Phi) is 4.04. The van der Waals surface area contributed by atoms with Gasteiger partial charge in [0.2, 0.25) is 0 Å². The number of hydrogen-bond acceptors (Lipinski definition) is 4. The van der Waals surface area contributed by atoms with Crippen molar-refractivity contribution < 1.29 is 9.90 Å². The zero-order valence-corrected chi connectivity index (χ0v) is 10.2. The average Bonchev–Trinajstić information content (AvgIpc) is 2.47. The van der Waals surface area contributed by atoms with Crippen LogP contribution in [0.4, 0.5) is 0 Å². The molecule has 1 unspecified atom stereocenters. The van der Waals surface area contributed by atoms with Crippen LogP contribution >= 0.6 is 0 Å². The van der Waals surface area contributed by atoms with E-state index in [1.54, 1.807) is 0 Å². The number of hydrogen-bond donors (Lipinski definition) is 2. The van der Waals surface area contributed by atoms with E-state index >= 15 is 0 Å². The fraction of sp³-hybridized carbons (Fsp3) is 0.818. The maximum atomic E-state index is 12.0. The SMILES string of the molecule is CC(C)(C)C1=NN(CCO)C(=O)C1CCN. The Hall–Kier alpha value is -0.940. The lowest BCUT2D eigenvalue weighted by Crippen LogP contribution is -2.34. The average molecular weight is 227 g/mol. The molecular formula is C11H21N3O2. The fourth-order valence-corrected chi connectivity index (χ4v) is 1.90. The number of carbonyl (C=O) groups is 1. The summed E-state index contributed by atoms with van der Waals surface area (Å²) in [5, 5.41) is 14.5. The summed E-state index contributed by atoms with van der Waals surface area (Å²) >= 11 is 0. The van der Waals surface area contributed by atoms with Gasteiger partial charge in [0.05, 0.1) is 24.8 Å². The molecule has 0 saturated heterocycles. The lowest BCUT2D eigenvalue weighted by atomic mass is 9.81. The molecular weight excluding hydrogens is 206 g/mol. The number of nitrogens with zero attached hydrogens (tertiary/aromatic N) is 2. The van der Waals surface area contributed by atoms with Crippen LogP contribution in [0.1, 0.15) is 27.2 Å². The van der Waals surface area contributed by atoms with Crippen LogP contribution < -0.4 is 5.73 Å². The van der Waals surface area contributed by atoms with Crippen LogP contribution in [0, 0.1) is 11.3 Å². The fourth-order valence-electron chi connectivity index (χ4n) is 1.90. The minimum atomic E-state index is -0.212. The third-order valence-corrected chi connectivity index (χ3v) is 2.65. The van der Waals surface area contributed by atoms with E-state index in [0.29, 0.717) is 13.0 Å². The van der Waals surface area contributed by atoms with E-state index in [-0.39, 0.29) is 30.4 Å². The minimum Gasteiger partial charge on any atom is -0.394 e. The largest absolute Gasteiger partial charge is 0.394 e. The Balaban J connectivity index is 2.92. The second-order valence-electron chi connectivity index (χ2n) is 5.05. The predicted octanol–water partition coefficient (Wildman–Crippen LogP) is 0.188. The van der Waals surface area contributed by atoms with Gasteiger partial charge in [-0.25, -0.2) is 5.01 Å². The van der Waals surface area contributed by atoms with Gasteiger partial charge in [0, 0.05) is 5.41 Å². The van der Waals surface area contributed by atoms with Gasteiger partial charge in [0.1, 0.15) is 0 Å². The number of hydrazone groups is 1. The number of aliphatic hydroxyl groups excluding tert-OH is 1. The van der Waals surface area contributed by atoms with E-state index in [1.165, 1.54) is 5.01 Å². The summed E-state index contributed by atoms with van der Waals surface area (Å²) in [5.41, 5.74) is 6.25. The summed E-state index contributed by atoms with van der Waals surface area (Å²) in [6.45, 7) is 6.77. The maximum Gasteiger partial charge on any atom is 0.251 e. The summed E-state index contributed by atoms with van der Waals surface area (Å²) in [4.78, 5) is 12.0. The van der Waals surface area contributed by atoms with E-state index in [4.69, 9.17) is 10.8 Å². The molecule has 0 aromatic carbocycles. The summed E-state index contributed by atoms with van der Waals surface area (Å²) in [7, 11) is 0. The van der Waals surface area contributed by atoms with Crippen molar-refractivity contribution in [3.8, 4) is 0 Å². The van der Waals surface area contributed by atoms with Crippen molar-refractivity contribution in [2.75, 3.05) is 19.7 Å². The minimum absolute atomic E-state index is 0.0376. The van der Waals surface area contributed by atoms with E-state index in [2.05, 4.69) is 5.10 Å². The van der Waals surface area contributed by atoms with Gasteiger partial charge >= 0.3 is 0 Å². The highest BCUT2D eigenvalue weighted by molar-refractivity contribution is 6.10. The first-order valence-electron chi connectivity index (χ1n) is 5.63. The first-order valence-corrected chi connectivity index (χ1v) is 5.63. The van der Waals surface area contributed by atoms with Crippen LogP contribution in [0.5, 0.6) is 0 Å². The van der Waals surface area contributed by atoms with Crippen molar-refractivity contribution >= 4 is 11.6 Å². The molecule has 1 rings (SSSR count). The Morgan fingerprint density at radius 2 is 2.12 bits per heavy atom. The van der Waals surface area contributed by atoms with Gasteiger partial charge in [0.15, 0.2) is 0 Å². The van der Waals surface area contributed by atoms with Crippen molar-refractivity contribution in [2.24, 2.45) is 22.2 Å². The Morgan fingerprint density at radius 3 is 2.56 bits per heavy atom. The molecule has 3 N–H and O–H groups in total. The van der Waals surface area contributed by atoms with Crippen molar-refractivity contribution in [3.63, 3.8) is 0 Å². The number of β-amino-alcohol motifs (C(OH)–C–C–N with tert-alkyl or cyclic N) is 1. The van der Waals surface area contributed by atoms with Gasteiger partial charge in [-0.1, -0.05) is 20.8 Å². The number of rotatable bonds is 4. The summed E-state index contributed by atoms with van der Waals surface area (Å²) in [5.74, 6) is -0.249. The highest BCUT2D eigenvalue weighted by Crippen LogP contribution is 2.30. The lowest BCUT2D eigenvalue weighted by Gasteiger charge is -2.21. The van der Waals surface area contributed by atoms with E-state index < -0.39 is 0 Å². The first kappa shape index (κ1) is 13.1. The van der Waals surface area contributed by atoms with Crippen LogP contribution in [0.25, 0.3) is 0 Å². The molecule has 1 aliphatic heterocycles. The van der Waals surface area contributed by atoms with Gasteiger partial charge in [0.25, 0.3) is 5.91 Å². The van der Waals surface area contributed by atoms with Crippen LogP contribution in [0.2, 0.25) is 0 Å². The topological polar surface area (TPSA) is 78.9 Å². The summed E-state index contributed by atoms with van der Waals surface area (Å²) in [6.07, 6.45) is 0.622. The second-order valence-corrected chi connectivity index (χ2v) is 5.05. The third kappa shape index (κ3) is 2.59. The maximum absolute atomic E-state index is 12.0. The van der Waals surface area contributed by atoms with E-state index in [0.717, 1.165) is 5.71 Å². The predicted molar refractivity (Wildman–Crippen MR) is 62.9 cm³/mol. The lowest BCUT2D eigenvalue weighted by molar-refractivity contribution is -0.132. The molecule has 5 heteroatoms. The van der Waals surface area contributed by atoms with Crippen molar-refractivity contribution in [3.05, 3.63) is 0 Å². The Morgan fingerprint density at radius 1 is 1.50 bits per heavy atom. The molecule has 1 atom stereocenters. The van der Waals surface area contributed by atoms with Crippen LogP contribution in [-0.4, -0.2) is 41.4 Å². The van der Waals surface area contributed by atoms with Crippen LogP contribution in [-0.2, 0) is 4.79 Å². The molecule has 92 valence electrons. The zero-order valence-electron chi connectivity index (χ0n) is 10.2. The molecule has 0 spiro atoms. The standard InChI is InChI=1S/C11H21N3O2/c1-11(2,3)9-8(4-5-12)10(16)14(13-9)6-7-15/h8,15H,4-7,12H2,1-3H3. The molecule has 0 bridgehead atoms. The highest BCUT2D eigenvalue weighted by Gasteiger charge is 2.40. The molecule has 16 heavy (non-hydrogen) atoms. The third-order valence-electron chi connectivity index (χ3n) is 2.65. The van der Waals surface area contributed by atoms with Gasteiger partial charge in [-0.2, -0.15) is 5.10 Å². The number of nitrogens with two attached hydrogens (primary N) is 1. The first-order chi connectivity index (χ1) is 7.41. The van der Waals surface area contributed by atoms with Gasteiger partial charge in [-0.15, -0.1) is 0 Å². The molecule has 0 saturated carbocycles. The highest BCUT2D eigenvalue weighted by atomic mass is 16.3. The number of aliphatic hydroxyl groups is 1. The van der Waals surface area contributed by atoms with Gasteiger partial charge in [-0.3, -0.25) is 4.79 Å². The monoisotopic (exact) mass is 227 g/mol. The molecule has 0 aromatic rings. The second kappa shape index (κ2) is 4.93. The molecule has 0 fully saturated rings. The van der Waals surface area contributed by atoms with Gasteiger partial charge in [-0.05, 0) is 13.0 Å². The van der Waals surface area contributed by atoms with Crippen molar-refractivity contribution in [1.82, 2.24) is 5.01 Å². The molecule has 5 nitrogen and oxygen atoms in total. The molecule has 0 aromatic heterocycles.